The molecule has 0 atom stereocenters. The number of rotatable bonds is 5. The quantitative estimate of drug-likeness (QED) is 0.130. The van der Waals surface area contributed by atoms with Crippen LogP contribution in [0.15, 0.2) is 180 Å². The van der Waals surface area contributed by atoms with E-state index in [0.29, 0.717) is 0 Å². The molecule has 4 bridgehead atoms. The van der Waals surface area contributed by atoms with Crippen LogP contribution in [0.1, 0.15) is 43.2 Å². The van der Waals surface area contributed by atoms with Gasteiger partial charge in [0.1, 0.15) is 11.2 Å². The maximum atomic E-state index is 7.11. The van der Waals surface area contributed by atoms with Crippen molar-refractivity contribution in [3.05, 3.63) is 187 Å². The Balaban J connectivity index is 1.08. The molecule has 55 heavy (non-hydrogen) atoms. The van der Waals surface area contributed by atoms with E-state index in [4.69, 9.17) is 4.42 Å². The van der Waals surface area contributed by atoms with Crippen molar-refractivity contribution in [1.29, 1.82) is 0 Å². The van der Waals surface area contributed by atoms with E-state index >= 15 is 0 Å². The van der Waals surface area contributed by atoms with Gasteiger partial charge in [-0.15, -0.1) is 0 Å². The van der Waals surface area contributed by atoms with Crippen molar-refractivity contribution in [3.8, 4) is 0 Å². The summed E-state index contributed by atoms with van der Waals surface area (Å²) in [6.07, 6.45) is 6.98. The van der Waals surface area contributed by atoms with Crippen molar-refractivity contribution in [2.24, 2.45) is 23.7 Å². The van der Waals surface area contributed by atoms with E-state index in [1.54, 1.807) is 11.1 Å². The molecule has 4 aliphatic carbocycles. The van der Waals surface area contributed by atoms with E-state index in [2.05, 4.69) is 181 Å². The SMILES string of the molecule is c1ccc([Si](c2ccccc2)(c2ccccc2)c2cccc3c2oc2ccc(N4c5ccccc5C5(c6ccccc64)C4CC6CC(C4)CC5C6)cc23)cc1. The van der Waals surface area contributed by atoms with Crippen LogP contribution in [0, 0.1) is 23.7 Å². The summed E-state index contributed by atoms with van der Waals surface area (Å²) in [4.78, 5) is 2.57. The van der Waals surface area contributed by atoms with Crippen molar-refractivity contribution >= 4 is 67.8 Å². The van der Waals surface area contributed by atoms with Gasteiger partial charge in [0, 0.05) is 21.9 Å². The number of nitrogens with zero attached hydrogens (tertiary/aromatic N) is 1. The molecule has 266 valence electrons. The number of para-hydroxylation sites is 3. The van der Waals surface area contributed by atoms with E-state index in [1.165, 1.54) is 75.3 Å². The largest absolute Gasteiger partial charge is 0.456 e. The fourth-order valence-electron chi connectivity index (χ4n) is 12.6. The molecule has 7 aromatic carbocycles. The lowest BCUT2D eigenvalue weighted by molar-refractivity contribution is -0.0419. The molecule has 0 radical (unpaired) electrons. The van der Waals surface area contributed by atoms with Crippen LogP contribution >= 0.6 is 0 Å². The van der Waals surface area contributed by atoms with Crippen molar-refractivity contribution in [3.63, 3.8) is 0 Å². The van der Waals surface area contributed by atoms with Crippen LogP contribution in [0.2, 0.25) is 0 Å². The first-order valence-electron chi connectivity index (χ1n) is 20.4. The van der Waals surface area contributed by atoms with Gasteiger partial charge in [0.2, 0.25) is 0 Å². The lowest BCUT2D eigenvalue weighted by Crippen LogP contribution is -2.74. The highest BCUT2D eigenvalue weighted by molar-refractivity contribution is 7.20. The second-order valence-corrected chi connectivity index (χ2v) is 20.6. The van der Waals surface area contributed by atoms with Gasteiger partial charge < -0.3 is 9.32 Å². The molecule has 1 aliphatic heterocycles. The lowest BCUT2D eigenvalue weighted by atomic mass is 9.41. The molecule has 5 aliphatic rings. The van der Waals surface area contributed by atoms with Crippen LogP contribution in [0.3, 0.4) is 0 Å². The second kappa shape index (κ2) is 11.9. The summed E-state index contributed by atoms with van der Waals surface area (Å²) in [5.74, 6) is 3.27. The monoisotopic (exact) mass is 725 g/mol. The van der Waals surface area contributed by atoms with Gasteiger partial charge in [-0.1, -0.05) is 146 Å². The summed E-state index contributed by atoms with van der Waals surface area (Å²) in [5, 5.41) is 7.66. The number of hydrogen-bond donors (Lipinski definition) is 0. The molecule has 0 unspecified atom stereocenters. The zero-order chi connectivity index (χ0) is 36.1. The molecule has 8 aromatic rings. The number of fused-ring (bicyclic) bond motifs is 5. The van der Waals surface area contributed by atoms with Gasteiger partial charge in [-0.05, 0) is 118 Å². The van der Waals surface area contributed by atoms with Crippen LogP contribution in [-0.2, 0) is 5.41 Å². The van der Waals surface area contributed by atoms with E-state index in [-0.39, 0.29) is 5.41 Å². The zero-order valence-corrected chi connectivity index (χ0v) is 31.9. The molecule has 2 nitrogen and oxygen atoms in total. The zero-order valence-electron chi connectivity index (χ0n) is 30.9. The van der Waals surface area contributed by atoms with Gasteiger partial charge >= 0.3 is 0 Å². The molecule has 0 N–H and O–H groups in total. The molecule has 1 spiro atoms. The Kier molecular flexibility index (Phi) is 6.87. The number of hydrogen-bond acceptors (Lipinski definition) is 2. The smallest absolute Gasteiger partial charge is 0.184 e. The Morgan fingerprint density at radius 2 is 0.982 bits per heavy atom. The molecule has 2 heterocycles. The molecule has 4 saturated carbocycles. The molecule has 3 heteroatoms. The average molecular weight is 726 g/mol. The molecule has 1 aromatic heterocycles. The summed E-state index contributed by atoms with van der Waals surface area (Å²) in [5.41, 5.74) is 9.01. The summed E-state index contributed by atoms with van der Waals surface area (Å²) in [7, 11) is -2.81. The van der Waals surface area contributed by atoms with Crippen LogP contribution < -0.4 is 25.6 Å². The number of benzene rings is 7. The van der Waals surface area contributed by atoms with Gasteiger partial charge in [-0.3, -0.25) is 0 Å². The van der Waals surface area contributed by atoms with E-state index < -0.39 is 8.07 Å². The van der Waals surface area contributed by atoms with Crippen molar-refractivity contribution in [1.82, 2.24) is 0 Å². The Morgan fingerprint density at radius 1 is 0.473 bits per heavy atom. The Bertz CT molecular complexity index is 2560. The average Bonchev–Trinajstić information content (AvgIpc) is 3.62. The maximum absolute atomic E-state index is 7.11. The Hall–Kier alpha value is -5.64. The van der Waals surface area contributed by atoms with Crippen molar-refractivity contribution in [2.75, 3.05) is 4.90 Å². The molecular formula is C52H43NOSi. The van der Waals surface area contributed by atoms with Crippen LogP contribution in [0.5, 0.6) is 0 Å². The van der Waals surface area contributed by atoms with Crippen LogP contribution in [-0.4, -0.2) is 8.07 Å². The molecule has 13 rings (SSSR count). The van der Waals surface area contributed by atoms with Crippen LogP contribution in [0.25, 0.3) is 21.9 Å². The first-order valence-corrected chi connectivity index (χ1v) is 22.4. The summed E-state index contributed by atoms with van der Waals surface area (Å²) in [6, 6.07) is 66.2. The normalized spacial score (nSPS) is 21.9. The summed E-state index contributed by atoms with van der Waals surface area (Å²) in [6.45, 7) is 0. The van der Waals surface area contributed by atoms with E-state index in [1.807, 2.05) is 0 Å². The number of anilines is 3. The van der Waals surface area contributed by atoms with Crippen LogP contribution in [0.4, 0.5) is 17.1 Å². The second-order valence-electron chi connectivity index (χ2n) is 16.9. The van der Waals surface area contributed by atoms with Gasteiger partial charge in [0.15, 0.2) is 8.07 Å². The summed E-state index contributed by atoms with van der Waals surface area (Å²) < 4.78 is 7.11. The minimum atomic E-state index is -2.81. The third-order valence-corrected chi connectivity index (χ3v) is 19.2. The Morgan fingerprint density at radius 3 is 1.53 bits per heavy atom. The van der Waals surface area contributed by atoms with E-state index in [0.717, 1.165) is 40.2 Å². The molecule has 0 saturated heterocycles. The first-order chi connectivity index (χ1) is 27.2. The highest BCUT2D eigenvalue weighted by Crippen LogP contribution is 2.69. The minimum absolute atomic E-state index is 0.0960. The lowest BCUT2D eigenvalue weighted by Gasteiger charge is -2.64. The highest BCUT2D eigenvalue weighted by Gasteiger charge is 2.61. The van der Waals surface area contributed by atoms with Crippen molar-refractivity contribution < 1.29 is 4.42 Å². The summed E-state index contributed by atoms with van der Waals surface area (Å²) >= 11 is 0. The highest BCUT2D eigenvalue weighted by atomic mass is 28.3. The van der Waals surface area contributed by atoms with E-state index in [9.17, 15) is 0 Å². The predicted octanol–water partition coefficient (Wildman–Crippen LogP) is 10.5. The van der Waals surface area contributed by atoms with Gasteiger partial charge in [0.05, 0.1) is 11.4 Å². The standard InChI is InChI=1S/C52H43NOSi/c1-4-15-40(16-5-1)55(41-17-6-2-7-18-41,42-19-8-3-9-20-42)50-26-14-21-43-44-34-39(27-28-49(44)54-51(43)50)53-47-24-12-10-22-45(47)52(46-23-11-13-25-48(46)53)37-30-35-29-36(32-37)33-38(52)31-35/h1-28,34-38H,29-33H2. The van der Waals surface area contributed by atoms with Gasteiger partial charge in [-0.25, -0.2) is 0 Å². The fraction of sp³-hybridized carbons (Fsp3) is 0.192. The Labute approximate surface area is 324 Å². The molecule has 0 amide bonds. The first kappa shape index (κ1) is 31.7. The third kappa shape index (κ3) is 4.31. The van der Waals surface area contributed by atoms with Gasteiger partial charge in [0.25, 0.3) is 0 Å². The van der Waals surface area contributed by atoms with Crippen molar-refractivity contribution in [2.45, 2.75) is 37.5 Å². The molecule has 4 fully saturated rings. The third-order valence-electron chi connectivity index (χ3n) is 14.4. The maximum Gasteiger partial charge on any atom is 0.184 e. The predicted molar refractivity (Wildman–Crippen MR) is 230 cm³/mol. The number of furan rings is 1. The molecular weight excluding hydrogens is 683 g/mol. The van der Waals surface area contributed by atoms with Gasteiger partial charge in [-0.2, -0.15) is 0 Å². The fourth-order valence-corrected chi connectivity index (χ4v) is 17.5. The minimum Gasteiger partial charge on any atom is -0.456 e. The topological polar surface area (TPSA) is 16.4 Å².